The fourth-order valence-corrected chi connectivity index (χ4v) is 0.640. The predicted octanol–water partition coefficient (Wildman–Crippen LogP) is 3.23. The lowest BCUT2D eigenvalue weighted by molar-refractivity contribution is -0.0765. The van der Waals surface area contributed by atoms with E-state index in [0.29, 0.717) is 0 Å². The number of hydrogen-bond donors (Lipinski definition) is 0. The van der Waals surface area contributed by atoms with Gasteiger partial charge in [-0.05, 0) is 13.3 Å². The molecule has 73 valence electrons. The minimum Gasteiger partial charge on any atom is -0.241 e. The molecule has 0 N–H and O–H groups in total. The van der Waals surface area contributed by atoms with E-state index in [-0.39, 0.29) is 0 Å². The maximum Gasteiger partial charge on any atom is 0.278 e. The van der Waals surface area contributed by atoms with Crippen LogP contribution in [0.2, 0.25) is 0 Å². The Balaban J connectivity index is 3.78. The van der Waals surface area contributed by atoms with E-state index >= 15 is 0 Å². The van der Waals surface area contributed by atoms with Crippen molar-refractivity contribution in [3.63, 3.8) is 0 Å². The zero-order valence-corrected chi connectivity index (χ0v) is 6.37. The maximum atomic E-state index is 12.4. The third kappa shape index (κ3) is 3.88. The molecule has 0 nitrogen and oxygen atoms in total. The minimum atomic E-state index is -3.57. The predicted molar refractivity (Wildman–Crippen MR) is 35.1 cm³/mol. The van der Waals surface area contributed by atoms with Crippen LogP contribution in [-0.4, -0.2) is 18.5 Å². The first-order valence-electron chi connectivity index (χ1n) is 3.49. The number of hydrogen-bond acceptors (Lipinski definition) is 0. The highest BCUT2D eigenvalue weighted by molar-refractivity contribution is 4.77. The van der Waals surface area contributed by atoms with Crippen LogP contribution in [0.3, 0.4) is 0 Å². The van der Waals surface area contributed by atoms with E-state index in [4.69, 9.17) is 0 Å². The van der Waals surface area contributed by atoms with Gasteiger partial charge in [0.05, 0.1) is 0 Å². The second kappa shape index (κ2) is 4.62. The van der Waals surface area contributed by atoms with Gasteiger partial charge < -0.3 is 0 Å². The van der Waals surface area contributed by atoms with Crippen LogP contribution in [0.1, 0.15) is 19.3 Å². The average molecular weight is 189 g/mol. The van der Waals surface area contributed by atoms with Gasteiger partial charge >= 0.3 is 0 Å². The lowest BCUT2D eigenvalue weighted by atomic mass is 10.1. The highest BCUT2D eigenvalue weighted by Gasteiger charge is 2.37. The molecular weight excluding hydrogens is 179 g/mol. The third-order valence-corrected chi connectivity index (χ3v) is 1.43. The fourth-order valence-electron chi connectivity index (χ4n) is 0.640. The van der Waals surface area contributed by atoms with Gasteiger partial charge in [0, 0.05) is 12.8 Å². The summed E-state index contributed by atoms with van der Waals surface area (Å²) in [6.45, 7) is 2.83. The van der Waals surface area contributed by atoms with Crippen molar-refractivity contribution in [1.29, 1.82) is 0 Å². The SMILES string of the molecule is [CH2]CC(F)(F)[C@@H](F)CCC(F)F. The van der Waals surface area contributed by atoms with E-state index in [9.17, 15) is 22.0 Å². The van der Waals surface area contributed by atoms with Crippen LogP contribution >= 0.6 is 0 Å². The van der Waals surface area contributed by atoms with Crippen LogP contribution in [0.5, 0.6) is 0 Å². The Morgan fingerprint density at radius 2 is 1.58 bits per heavy atom. The Kier molecular flexibility index (Phi) is 4.49. The first-order valence-corrected chi connectivity index (χ1v) is 3.49. The normalized spacial score (nSPS) is 15.2. The zero-order valence-electron chi connectivity index (χ0n) is 6.37. The highest BCUT2D eigenvalue weighted by atomic mass is 19.3. The molecule has 0 spiro atoms. The van der Waals surface area contributed by atoms with Gasteiger partial charge in [-0.1, -0.05) is 0 Å². The smallest absolute Gasteiger partial charge is 0.241 e. The highest BCUT2D eigenvalue weighted by Crippen LogP contribution is 2.28. The summed E-state index contributed by atoms with van der Waals surface area (Å²) in [5.74, 6) is -3.57. The second-order valence-electron chi connectivity index (χ2n) is 2.45. The van der Waals surface area contributed by atoms with E-state index in [1.165, 1.54) is 0 Å². The van der Waals surface area contributed by atoms with E-state index < -0.39 is 37.8 Å². The molecule has 1 radical (unpaired) electrons. The molecule has 0 aliphatic rings. The molecule has 0 saturated heterocycles. The summed E-state index contributed by atoms with van der Waals surface area (Å²) in [4.78, 5) is 0. The summed E-state index contributed by atoms with van der Waals surface area (Å²) in [6.07, 6.45) is -7.80. The van der Waals surface area contributed by atoms with Gasteiger partial charge in [-0.25, -0.2) is 22.0 Å². The summed E-state index contributed by atoms with van der Waals surface area (Å²) in [6, 6.07) is 0. The molecule has 0 aromatic heterocycles. The van der Waals surface area contributed by atoms with Gasteiger partial charge in [0.1, 0.15) is 0 Å². The van der Waals surface area contributed by atoms with Crippen molar-refractivity contribution >= 4 is 0 Å². The first kappa shape index (κ1) is 11.6. The van der Waals surface area contributed by atoms with Gasteiger partial charge in [-0.3, -0.25) is 0 Å². The molecule has 0 aromatic rings. The molecule has 0 aliphatic heterocycles. The van der Waals surface area contributed by atoms with Crippen molar-refractivity contribution in [2.24, 2.45) is 0 Å². The molecule has 12 heavy (non-hydrogen) atoms. The third-order valence-electron chi connectivity index (χ3n) is 1.43. The lowest BCUT2D eigenvalue weighted by Gasteiger charge is -2.18. The molecule has 0 unspecified atom stereocenters. The van der Waals surface area contributed by atoms with Crippen LogP contribution in [-0.2, 0) is 0 Å². The Hall–Kier alpha value is -0.350. The molecule has 0 fully saturated rings. The molecule has 0 aliphatic carbocycles. The van der Waals surface area contributed by atoms with Crippen LogP contribution in [0, 0.1) is 6.92 Å². The first-order chi connectivity index (χ1) is 5.40. The van der Waals surface area contributed by atoms with Crippen LogP contribution < -0.4 is 0 Å². The number of halogens is 5. The van der Waals surface area contributed by atoms with Gasteiger partial charge in [-0.15, -0.1) is 0 Å². The second-order valence-corrected chi connectivity index (χ2v) is 2.45. The summed E-state index contributed by atoms with van der Waals surface area (Å²) >= 11 is 0. The molecule has 5 heteroatoms. The standard InChI is InChI=1S/C7H10F5/c1-2-7(11,12)5(8)3-4-6(9)10/h5-6H,1-4H2/t5-/m0/s1. The van der Waals surface area contributed by atoms with Crippen molar-refractivity contribution in [2.45, 2.75) is 37.8 Å². The van der Waals surface area contributed by atoms with Crippen molar-refractivity contribution in [1.82, 2.24) is 0 Å². The van der Waals surface area contributed by atoms with Crippen LogP contribution in [0.15, 0.2) is 0 Å². The molecule has 0 bridgehead atoms. The van der Waals surface area contributed by atoms with E-state index in [1.54, 1.807) is 0 Å². The minimum absolute atomic E-state index is 0.819. The van der Waals surface area contributed by atoms with Crippen molar-refractivity contribution in [3.8, 4) is 0 Å². The average Bonchev–Trinajstić information content (AvgIpc) is 2.00. The molecule has 0 saturated carbocycles. The zero-order chi connectivity index (χ0) is 9.78. The quantitative estimate of drug-likeness (QED) is 0.582. The van der Waals surface area contributed by atoms with Crippen LogP contribution in [0.4, 0.5) is 22.0 Å². The van der Waals surface area contributed by atoms with Crippen molar-refractivity contribution in [3.05, 3.63) is 6.92 Å². The van der Waals surface area contributed by atoms with Gasteiger partial charge in [0.2, 0.25) is 6.43 Å². The topological polar surface area (TPSA) is 0 Å². The Morgan fingerprint density at radius 1 is 1.08 bits per heavy atom. The van der Waals surface area contributed by atoms with E-state index in [2.05, 4.69) is 6.92 Å². The summed E-state index contributed by atoms with van der Waals surface area (Å²) < 4.78 is 60.0. The van der Waals surface area contributed by atoms with Crippen molar-refractivity contribution in [2.75, 3.05) is 0 Å². The number of alkyl halides is 5. The Labute approximate surface area is 67.8 Å². The Bertz CT molecular complexity index is 123. The maximum absolute atomic E-state index is 12.4. The summed E-state index contributed by atoms with van der Waals surface area (Å²) in [5.41, 5.74) is 0. The molecule has 0 aromatic carbocycles. The molecular formula is C7H10F5. The monoisotopic (exact) mass is 189 g/mol. The van der Waals surface area contributed by atoms with E-state index in [0.717, 1.165) is 0 Å². The molecule has 0 heterocycles. The number of rotatable bonds is 5. The molecule has 1 atom stereocenters. The summed E-state index contributed by atoms with van der Waals surface area (Å²) in [7, 11) is 0. The van der Waals surface area contributed by atoms with Crippen LogP contribution in [0.25, 0.3) is 0 Å². The van der Waals surface area contributed by atoms with Gasteiger partial charge in [-0.2, -0.15) is 0 Å². The van der Waals surface area contributed by atoms with Crippen molar-refractivity contribution < 1.29 is 22.0 Å². The van der Waals surface area contributed by atoms with Gasteiger partial charge in [0.15, 0.2) is 6.17 Å². The van der Waals surface area contributed by atoms with Gasteiger partial charge in [0.25, 0.3) is 5.92 Å². The molecule has 0 rings (SSSR count). The molecule has 0 amide bonds. The summed E-state index contributed by atoms with van der Waals surface area (Å²) in [5, 5.41) is 0. The largest absolute Gasteiger partial charge is 0.278 e. The fraction of sp³-hybridized carbons (Fsp3) is 0.857. The Morgan fingerprint density at radius 3 is 1.92 bits per heavy atom. The lowest BCUT2D eigenvalue weighted by Crippen LogP contribution is -2.29. The van der Waals surface area contributed by atoms with E-state index in [1.807, 2.05) is 0 Å².